The first kappa shape index (κ1) is 40.6. The van der Waals surface area contributed by atoms with Gasteiger partial charge >= 0.3 is 12.1 Å². The van der Waals surface area contributed by atoms with E-state index in [4.69, 9.17) is 10.5 Å². The van der Waals surface area contributed by atoms with Crippen molar-refractivity contribution in [3.63, 3.8) is 0 Å². The van der Waals surface area contributed by atoms with Crippen molar-refractivity contribution in [1.82, 2.24) is 21.3 Å². The number of carbonyl (C=O) groups excluding carboxylic acids is 6. The molecule has 0 aliphatic heterocycles. The van der Waals surface area contributed by atoms with Crippen LogP contribution in [0.4, 0.5) is 4.79 Å². The van der Waals surface area contributed by atoms with Gasteiger partial charge in [-0.3, -0.25) is 24.0 Å². The molecule has 44 heavy (non-hydrogen) atoms. The van der Waals surface area contributed by atoms with Gasteiger partial charge in [-0.25, -0.2) is 4.79 Å². The maximum Gasteiger partial charge on any atom is 0.407 e. The summed E-state index contributed by atoms with van der Waals surface area (Å²) in [7, 11) is 0. The van der Waals surface area contributed by atoms with Crippen molar-refractivity contribution in [3.8, 4) is 0 Å². The van der Waals surface area contributed by atoms with Gasteiger partial charge in [0.2, 0.25) is 17.7 Å². The van der Waals surface area contributed by atoms with E-state index >= 15 is 0 Å². The van der Waals surface area contributed by atoms with Gasteiger partial charge in [0.15, 0.2) is 6.61 Å². The highest BCUT2D eigenvalue weighted by Gasteiger charge is 2.15. The second-order valence-corrected chi connectivity index (χ2v) is 11.8. The number of carbonyl (C=O) groups is 6. The van der Waals surface area contributed by atoms with Gasteiger partial charge in [-0.2, -0.15) is 0 Å². The van der Waals surface area contributed by atoms with E-state index in [9.17, 15) is 28.8 Å². The fraction of sp³-hybridized carbons (Fsp3) is 0.806. The Hall–Kier alpha value is -3.38. The summed E-state index contributed by atoms with van der Waals surface area (Å²) < 4.78 is 9.84. The van der Waals surface area contributed by atoms with Gasteiger partial charge in [0.05, 0.1) is 0 Å². The zero-order valence-electron chi connectivity index (χ0n) is 27.2. The number of rotatable bonds is 26. The fourth-order valence-electron chi connectivity index (χ4n) is 4.01. The van der Waals surface area contributed by atoms with Crippen LogP contribution in [0.25, 0.3) is 0 Å². The van der Waals surface area contributed by atoms with Crippen LogP contribution >= 0.6 is 0 Å². The summed E-state index contributed by atoms with van der Waals surface area (Å²) in [5.74, 6) is -1.09. The molecule has 0 aromatic heterocycles. The number of hydrogen-bond donors (Lipinski definition) is 5. The molecule has 0 spiro atoms. The van der Waals surface area contributed by atoms with E-state index in [2.05, 4.69) is 26.0 Å². The first-order valence-electron chi connectivity index (χ1n) is 16.1. The zero-order valence-corrected chi connectivity index (χ0v) is 27.2. The number of unbranched alkanes of at least 4 members (excludes halogenated alkanes) is 8. The third kappa shape index (κ3) is 30.1. The predicted octanol–water partition coefficient (Wildman–Crippen LogP) is 3.13. The van der Waals surface area contributed by atoms with Gasteiger partial charge in [-0.1, -0.05) is 25.7 Å². The lowest BCUT2D eigenvalue weighted by molar-refractivity contribution is -0.147. The van der Waals surface area contributed by atoms with Crippen molar-refractivity contribution in [2.75, 3.05) is 32.8 Å². The number of esters is 1. The normalized spacial score (nSPS) is 10.9. The molecule has 13 nitrogen and oxygen atoms in total. The molecule has 0 atom stereocenters. The molecule has 0 aliphatic carbocycles. The van der Waals surface area contributed by atoms with E-state index in [1.807, 2.05) is 20.8 Å². The molecule has 5 amide bonds. The first-order chi connectivity index (χ1) is 20.9. The lowest BCUT2D eigenvalue weighted by atomic mass is 10.1. The molecule has 0 radical (unpaired) electrons. The molecule has 0 saturated heterocycles. The van der Waals surface area contributed by atoms with E-state index in [0.717, 1.165) is 70.6 Å². The first-order valence-corrected chi connectivity index (χ1v) is 16.1. The molecule has 0 heterocycles. The quantitative estimate of drug-likeness (QED) is 0.0712. The SMILES string of the molecule is CC(C)(C)OC(=O)NCCCCCC(=O)NCCCCCC(=O)NCCCCCC(=O)NCCCCCC(=O)OCC(N)=O. The molecular formula is C31H57N5O8. The fourth-order valence-corrected chi connectivity index (χ4v) is 4.01. The largest absolute Gasteiger partial charge is 0.456 e. The zero-order chi connectivity index (χ0) is 33.1. The maximum atomic E-state index is 12.0. The molecule has 0 aliphatic rings. The third-order valence-corrected chi connectivity index (χ3v) is 6.31. The minimum absolute atomic E-state index is 0.00390. The average Bonchev–Trinajstić information content (AvgIpc) is 2.94. The summed E-state index contributed by atoms with van der Waals surface area (Å²) in [6, 6.07) is 0. The van der Waals surface area contributed by atoms with Gasteiger partial charge in [-0.15, -0.1) is 0 Å². The lowest BCUT2D eigenvalue weighted by Gasteiger charge is -2.19. The van der Waals surface area contributed by atoms with Gasteiger partial charge < -0.3 is 36.5 Å². The van der Waals surface area contributed by atoms with E-state index < -0.39 is 30.2 Å². The van der Waals surface area contributed by atoms with E-state index in [0.29, 0.717) is 51.9 Å². The summed E-state index contributed by atoms with van der Waals surface area (Å²) in [5.41, 5.74) is 4.40. The maximum absolute atomic E-state index is 12.0. The van der Waals surface area contributed by atoms with Crippen molar-refractivity contribution in [3.05, 3.63) is 0 Å². The second-order valence-electron chi connectivity index (χ2n) is 11.8. The average molecular weight is 628 g/mol. The summed E-state index contributed by atoms with van der Waals surface area (Å²) in [6.07, 6.45) is 10.6. The molecule has 13 heteroatoms. The lowest BCUT2D eigenvalue weighted by Crippen LogP contribution is -2.33. The van der Waals surface area contributed by atoms with Gasteiger partial charge in [0.1, 0.15) is 5.60 Å². The Morgan fingerprint density at radius 1 is 0.523 bits per heavy atom. The Labute approximate surface area is 262 Å². The monoisotopic (exact) mass is 627 g/mol. The van der Waals surface area contributed by atoms with Crippen LogP contribution < -0.4 is 27.0 Å². The van der Waals surface area contributed by atoms with Crippen molar-refractivity contribution < 1.29 is 38.2 Å². The van der Waals surface area contributed by atoms with Gasteiger partial charge in [-0.05, 0) is 72.1 Å². The van der Waals surface area contributed by atoms with Crippen LogP contribution in [0.15, 0.2) is 0 Å². The smallest absolute Gasteiger partial charge is 0.407 e. The highest BCUT2D eigenvalue weighted by molar-refractivity contribution is 5.79. The molecule has 0 aromatic rings. The van der Waals surface area contributed by atoms with Crippen molar-refractivity contribution >= 4 is 35.7 Å². The van der Waals surface area contributed by atoms with Gasteiger partial charge in [0.25, 0.3) is 5.91 Å². The molecule has 0 saturated carbocycles. The minimum atomic E-state index is -0.679. The summed E-state index contributed by atoms with van der Waals surface area (Å²) >= 11 is 0. The number of ether oxygens (including phenoxy) is 2. The number of hydrogen-bond acceptors (Lipinski definition) is 8. The highest BCUT2D eigenvalue weighted by atomic mass is 16.6. The van der Waals surface area contributed by atoms with Crippen LogP contribution in [0.1, 0.15) is 124 Å². The number of alkyl carbamates (subject to hydrolysis) is 1. The summed E-state index contributed by atoms with van der Waals surface area (Å²) in [5, 5.41) is 11.4. The van der Waals surface area contributed by atoms with E-state index in [1.54, 1.807) is 0 Å². The van der Waals surface area contributed by atoms with Crippen molar-refractivity contribution in [2.45, 2.75) is 129 Å². The van der Waals surface area contributed by atoms with Crippen molar-refractivity contribution in [2.24, 2.45) is 5.73 Å². The van der Waals surface area contributed by atoms with Crippen LogP contribution in [0.2, 0.25) is 0 Å². The predicted molar refractivity (Wildman–Crippen MR) is 167 cm³/mol. The number of nitrogens with two attached hydrogens (primary N) is 1. The Morgan fingerprint density at radius 2 is 0.886 bits per heavy atom. The number of amides is 5. The van der Waals surface area contributed by atoms with Crippen LogP contribution in [-0.4, -0.2) is 74.1 Å². The molecule has 0 bridgehead atoms. The van der Waals surface area contributed by atoms with Crippen molar-refractivity contribution in [1.29, 1.82) is 0 Å². The molecule has 254 valence electrons. The Kier molecular flexibility index (Phi) is 24.1. The topological polar surface area (TPSA) is 195 Å². The minimum Gasteiger partial charge on any atom is -0.456 e. The Balaban J connectivity index is 3.48. The molecule has 0 rings (SSSR count). The van der Waals surface area contributed by atoms with E-state index in [1.165, 1.54) is 0 Å². The number of primary amides is 1. The van der Waals surface area contributed by atoms with Crippen LogP contribution in [0.5, 0.6) is 0 Å². The summed E-state index contributed by atoms with van der Waals surface area (Å²) in [4.78, 5) is 69.3. The molecular weight excluding hydrogens is 570 g/mol. The second kappa shape index (κ2) is 26.1. The van der Waals surface area contributed by atoms with Crippen LogP contribution in [-0.2, 0) is 33.4 Å². The molecule has 0 unspecified atom stereocenters. The molecule has 0 aromatic carbocycles. The van der Waals surface area contributed by atoms with Crippen LogP contribution in [0.3, 0.4) is 0 Å². The third-order valence-electron chi connectivity index (χ3n) is 6.31. The highest BCUT2D eigenvalue weighted by Crippen LogP contribution is 2.07. The summed E-state index contributed by atoms with van der Waals surface area (Å²) in [6.45, 7) is 7.33. The standard InChI is InChI=1S/C31H57N5O8/c1-31(2,3)44-30(42)36-23-15-6-10-18-28(40)34-21-13-4-8-16-26(38)33-20-12-5-9-17-27(39)35-22-14-7-11-19-29(41)43-24-25(32)37/h4-24H2,1-3H3,(H2,32,37)(H,33,38)(H,34,40)(H,35,39)(H,36,42). The Bertz CT molecular complexity index is 860. The molecule has 0 fully saturated rings. The van der Waals surface area contributed by atoms with E-state index in [-0.39, 0.29) is 24.1 Å². The van der Waals surface area contributed by atoms with Gasteiger partial charge in [0, 0.05) is 51.9 Å². The molecule has 6 N–H and O–H groups in total. The number of nitrogens with one attached hydrogen (secondary N) is 4. The Morgan fingerprint density at radius 3 is 1.25 bits per heavy atom. The van der Waals surface area contributed by atoms with Crippen LogP contribution in [0, 0.1) is 0 Å².